The SMILES string of the molecule is OC1[C@H](O)OC(CS)[C@H](O)[C@@H]1O. The van der Waals surface area contributed by atoms with E-state index in [0.717, 1.165) is 0 Å². The summed E-state index contributed by atoms with van der Waals surface area (Å²) < 4.78 is 4.75. The highest BCUT2D eigenvalue weighted by Gasteiger charge is 2.42. The Morgan fingerprint density at radius 2 is 1.58 bits per heavy atom. The molecule has 2 unspecified atom stereocenters. The molecule has 5 nitrogen and oxygen atoms in total. The van der Waals surface area contributed by atoms with Crippen molar-refractivity contribution in [3.05, 3.63) is 0 Å². The van der Waals surface area contributed by atoms with E-state index in [1.54, 1.807) is 0 Å². The summed E-state index contributed by atoms with van der Waals surface area (Å²) in [5.74, 6) is 0.169. The predicted octanol–water partition coefficient (Wildman–Crippen LogP) is -2.28. The van der Waals surface area contributed by atoms with E-state index in [9.17, 15) is 5.11 Å². The highest BCUT2D eigenvalue weighted by molar-refractivity contribution is 7.80. The van der Waals surface area contributed by atoms with Crippen LogP contribution in [0.1, 0.15) is 0 Å². The van der Waals surface area contributed by atoms with Crippen molar-refractivity contribution in [3.8, 4) is 0 Å². The first-order chi connectivity index (χ1) is 5.57. The molecule has 1 aliphatic heterocycles. The Morgan fingerprint density at radius 1 is 1.00 bits per heavy atom. The van der Waals surface area contributed by atoms with Crippen molar-refractivity contribution in [2.45, 2.75) is 30.7 Å². The lowest BCUT2D eigenvalue weighted by Crippen LogP contribution is -2.57. The third-order valence-electron chi connectivity index (χ3n) is 1.87. The molecular weight excluding hydrogens is 184 g/mol. The summed E-state index contributed by atoms with van der Waals surface area (Å²) in [6.07, 6.45) is -6.26. The van der Waals surface area contributed by atoms with Crippen LogP contribution in [0.5, 0.6) is 0 Å². The average molecular weight is 196 g/mol. The maximum atomic E-state index is 9.23. The van der Waals surface area contributed by atoms with Crippen LogP contribution in [-0.4, -0.2) is 56.9 Å². The Morgan fingerprint density at radius 3 is 2.08 bits per heavy atom. The van der Waals surface area contributed by atoms with Gasteiger partial charge in [-0.25, -0.2) is 0 Å². The molecule has 4 N–H and O–H groups in total. The van der Waals surface area contributed by atoms with Crippen molar-refractivity contribution in [3.63, 3.8) is 0 Å². The smallest absolute Gasteiger partial charge is 0.183 e. The summed E-state index contributed by atoms with van der Waals surface area (Å²) in [5.41, 5.74) is 0. The standard InChI is InChI=1S/C6H12O5S/c7-3-2(1-12)11-6(10)5(9)4(3)8/h2-10,12H,1H2/t2?,3-,4-,5?,6+/m0/s1. The average Bonchev–Trinajstić information content (AvgIpc) is 2.08. The van der Waals surface area contributed by atoms with Gasteiger partial charge in [-0.3, -0.25) is 0 Å². The number of thiol groups is 1. The van der Waals surface area contributed by atoms with Gasteiger partial charge in [-0.15, -0.1) is 0 Å². The van der Waals surface area contributed by atoms with Gasteiger partial charge in [-0.2, -0.15) is 12.6 Å². The lowest BCUT2D eigenvalue weighted by Gasteiger charge is -2.37. The Balaban J connectivity index is 2.63. The van der Waals surface area contributed by atoms with Crippen molar-refractivity contribution >= 4 is 12.6 Å². The first-order valence-corrected chi connectivity index (χ1v) is 4.19. The van der Waals surface area contributed by atoms with Gasteiger partial charge in [0.05, 0.1) is 6.10 Å². The van der Waals surface area contributed by atoms with E-state index in [0.29, 0.717) is 0 Å². The van der Waals surface area contributed by atoms with Crippen molar-refractivity contribution in [2.75, 3.05) is 5.75 Å². The third-order valence-corrected chi connectivity index (χ3v) is 2.23. The van der Waals surface area contributed by atoms with E-state index in [4.69, 9.17) is 20.1 Å². The molecule has 1 fully saturated rings. The van der Waals surface area contributed by atoms with Crippen molar-refractivity contribution in [2.24, 2.45) is 0 Å². The van der Waals surface area contributed by atoms with Crippen molar-refractivity contribution < 1.29 is 25.2 Å². The maximum Gasteiger partial charge on any atom is 0.183 e. The molecule has 6 heteroatoms. The van der Waals surface area contributed by atoms with Gasteiger partial charge < -0.3 is 25.2 Å². The van der Waals surface area contributed by atoms with E-state index >= 15 is 0 Å². The Hall–Kier alpha value is 0.150. The van der Waals surface area contributed by atoms with Gasteiger partial charge in [-0.05, 0) is 0 Å². The topological polar surface area (TPSA) is 90.2 Å². The Bertz CT molecular complexity index is 150. The second-order valence-corrected chi connectivity index (χ2v) is 3.08. The molecule has 1 saturated heterocycles. The fraction of sp³-hybridized carbons (Fsp3) is 1.00. The zero-order valence-electron chi connectivity index (χ0n) is 6.24. The molecule has 12 heavy (non-hydrogen) atoms. The van der Waals surface area contributed by atoms with Crippen LogP contribution in [0.2, 0.25) is 0 Å². The first kappa shape index (κ1) is 10.2. The minimum atomic E-state index is -1.46. The van der Waals surface area contributed by atoms with E-state index in [1.807, 2.05) is 0 Å². The van der Waals surface area contributed by atoms with Crippen LogP contribution in [0, 0.1) is 0 Å². The van der Waals surface area contributed by atoms with E-state index in [1.165, 1.54) is 0 Å². The normalized spacial score (nSPS) is 49.2. The van der Waals surface area contributed by atoms with Gasteiger partial charge in [0.25, 0.3) is 0 Å². The van der Waals surface area contributed by atoms with Gasteiger partial charge >= 0.3 is 0 Å². The molecule has 0 spiro atoms. The number of rotatable bonds is 1. The summed E-state index contributed by atoms with van der Waals surface area (Å²) in [6.45, 7) is 0. The second-order valence-electron chi connectivity index (χ2n) is 2.72. The summed E-state index contributed by atoms with van der Waals surface area (Å²) in [6, 6.07) is 0. The van der Waals surface area contributed by atoms with Gasteiger partial charge in [0, 0.05) is 5.75 Å². The molecule has 0 aromatic rings. The minimum absolute atomic E-state index is 0.169. The monoisotopic (exact) mass is 196 g/mol. The molecule has 0 bridgehead atoms. The van der Waals surface area contributed by atoms with Crippen LogP contribution in [0.3, 0.4) is 0 Å². The molecule has 0 amide bonds. The molecule has 5 atom stereocenters. The molecule has 0 aromatic heterocycles. The van der Waals surface area contributed by atoms with Gasteiger partial charge in [-0.1, -0.05) is 0 Å². The molecule has 0 radical (unpaired) electrons. The molecule has 0 aromatic carbocycles. The van der Waals surface area contributed by atoms with Crippen LogP contribution in [0.4, 0.5) is 0 Å². The molecule has 72 valence electrons. The first-order valence-electron chi connectivity index (χ1n) is 3.56. The van der Waals surface area contributed by atoms with Crippen molar-refractivity contribution in [1.82, 2.24) is 0 Å². The predicted molar refractivity (Wildman–Crippen MR) is 42.8 cm³/mol. The summed E-state index contributed by atoms with van der Waals surface area (Å²) in [7, 11) is 0. The van der Waals surface area contributed by atoms with Crippen LogP contribution in [-0.2, 0) is 4.74 Å². The van der Waals surface area contributed by atoms with Gasteiger partial charge in [0.1, 0.15) is 18.3 Å². The van der Waals surface area contributed by atoms with Gasteiger partial charge in [0.15, 0.2) is 6.29 Å². The zero-order valence-corrected chi connectivity index (χ0v) is 7.13. The lowest BCUT2D eigenvalue weighted by atomic mass is 10.0. The van der Waals surface area contributed by atoms with E-state index in [2.05, 4.69) is 12.6 Å². The quantitative estimate of drug-likeness (QED) is 0.305. The molecule has 0 saturated carbocycles. The van der Waals surface area contributed by atoms with E-state index in [-0.39, 0.29) is 5.75 Å². The second kappa shape index (κ2) is 3.91. The largest absolute Gasteiger partial charge is 0.388 e. The molecule has 1 rings (SSSR count). The van der Waals surface area contributed by atoms with Crippen LogP contribution < -0.4 is 0 Å². The lowest BCUT2D eigenvalue weighted by molar-refractivity contribution is -0.276. The van der Waals surface area contributed by atoms with Crippen LogP contribution in [0.25, 0.3) is 0 Å². The third kappa shape index (κ3) is 1.73. The fourth-order valence-electron chi connectivity index (χ4n) is 1.08. The van der Waals surface area contributed by atoms with E-state index < -0.39 is 30.7 Å². The fourth-order valence-corrected chi connectivity index (χ4v) is 1.38. The number of hydrogen-bond acceptors (Lipinski definition) is 6. The number of hydrogen-bond donors (Lipinski definition) is 5. The number of ether oxygens (including phenoxy) is 1. The Kier molecular flexibility index (Phi) is 3.33. The minimum Gasteiger partial charge on any atom is -0.388 e. The molecule has 1 heterocycles. The molecular formula is C6H12O5S. The maximum absolute atomic E-state index is 9.23. The summed E-state index contributed by atoms with van der Waals surface area (Å²) >= 11 is 3.84. The van der Waals surface area contributed by atoms with Crippen molar-refractivity contribution in [1.29, 1.82) is 0 Å². The Labute approximate surface area is 75.0 Å². The summed E-state index contributed by atoms with van der Waals surface area (Å²) in [4.78, 5) is 0. The molecule has 0 aliphatic carbocycles. The highest BCUT2D eigenvalue weighted by Crippen LogP contribution is 2.20. The zero-order chi connectivity index (χ0) is 9.30. The van der Waals surface area contributed by atoms with Crippen LogP contribution >= 0.6 is 12.6 Å². The highest BCUT2D eigenvalue weighted by atomic mass is 32.1. The number of aliphatic hydroxyl groups excluding tert-OH is 4. The van der Waals surface area contributed by atoms with Gasteiger partial charge in [0.2, 0.25) is 0 Å². The summed E-state index contributed by atoms with van der Waals surface area (Å²) in [5, 5.41) is 36.4. The number of aliphatic hydroxyl groups is 4. The van der Waals surface area contributed by atoms with Crippen LogP contribution in [0.15, 0.2) is 0 Å². The molecule has 1 aliphatic rings.